The average molecular weight is 327 g/mol. The molecule has 1 aromatic heterocycles. The van der Waals surface area contributed by atoms with Gasteiger partial charge in [-0.3, -0.25) is 0 Å². The number of aryl methyl sites for hydroxylation is 1. The second-order valence-electron chi connectivity index (χ2n) is 4.34. The fourth-order valence-electron chi connectivity index (χ4n) is 1.63. The maximum Gasteiger partial charge on any atom is 0.345 e. The molecule has 0 amide bonds. The summed E-state index contributed by atoms with van der Waals surface area (Å²) in [6, 6.07) is 6.99. The van der Waals surface area contributed by atoms with Crippen LogP contribution in [0.4, 0.5) is 0 Å². The van der Waals surface area contributed by atoms with Crippen LogP contribution in [0.15, 0.2) is 35.2 Å². The van der Waals surface area contributed by atoms with Gasteiger partial charge in [0.15, 0.2) is 0 Å². The number of sulfonamides is 1. The van der Waals surface area contributed by atoms with E-state index in [1.807, 2.05) is 0 Å². The number of carboxylic acid groups (broad SMARTS) is 1. The highest BCUT2D eigenvalue weighted by Gasteiger charge is 2.16. The second kappa shape index (κ2) is 5.84. The topological polar surface area (TPSA) is 104 Å². The van der Waals surface area contributed by atoms with E-state index in [0.29, 0.717) is 10.4 Å². The molecule has 6 nitrogen and oxygen atoms in total. The molecule has 0 aliphatic rings. The van der Waals surface area contributed by atoms with Crippen LogP contribution in [0.1, 0.15) is 20.1 Å². The Hall–Kier alpha value is -1.90. The number of hydrogen-bond donors (Lipinski definition) is 3. The Labute approximate surface area is 125 Å². The van der Waals surface area contributed by atoms with Crippen LogP contribution in [-0.2, 0) is 16.6 Å². The lowest BCUT2D eigenvalue weighted by atomic mass is 10.2. The number of rotatable bonds is 5. The highest BCUT2D eigenvalue weighted by molar-refractivity contribution is 7.89. The molecular weight excluding hydrogens is 314 g/mol. The van der Waals surface area contributed by atoms with Gasteiger partial charge >= 0.3 is 5.97 Å². The number of aromatic hydroxyl groups is 1. The number of phenols is 1. The Kier molecular flexibility index (Phi) is 4.31. The van der Waals surface area contributed by atoms with Gasteiger partial charge in [-0.25, -0.2) is 17.9 Å². The van der Waals surface area contributed by atoms with Crippen LogP contribution in [0.2, 0.25) is 0 Å². The van der Waals surface area contributed by atoms with Gasteiger partial charge in [-0.05, 0) is 42.8 Å². The van der Waals surface area contributed by atoms with Crippen molar-refractivity contribution in [2.45, 2.75) is 18.4 Å². The van der Waals surface area contributed by atoms with Crippen LogP contribution in [0.5, 0.6) is 5.75 Å². The third-order valence-corrected chi connectivity index (χ3v) is 5.26. The monoisotopic (exact) mass is 327 g/mol. The number of benzene rings is 1. The van der Waals surface area contributed by atoms with Crippen molar-refractivity contribution in [1.29, 1.82) is 0 Å². The zero-order valence-corrected chi connectivity index (χ0v) is 12.7. The molecule has 3 N–H and O–H groups in total. The van der Waals surface area contributed by atoms with Crippen LogP contribution in [-0.4, -0.2) is 24.6 Å². The quantitative estimate of drug-likeness (QED) is 0.778. The van der Waals surface area contributed by atoms with Gasteiger partial charge in [-0.15, -0.1) is 11.3 Å². The molecule has 0 radical (unpaired) electrons. The lowest BCUT2D eigenvalue weighted by Gasteiger charge is -2.07. The zero-order chi connectivity index (χ0) is 15.6. The van der Waals surface area contributed by atoms with Crippen molar-refractivity contribution in [1.82, 2.24) is 4.72 Å². The summed E-state index contributed by atoms with van der Waals surface area (Å²) in [5.41, 5.74) is 0.460. The maximum absolute atomic E-state index is 12.1. The fraction of sp³-hybridized carbons (Fsp3) is 0.154. The molecule has 0 unspecified atom stereocenters. The minimum Gasteiger partial charge on any atom is -0.508 e. The molecule has 0 aliphatic carbocycles. The molecule has 2 rings (SSSR count). The second-order valence-corrected chi connectivity index (χ2v) is 7.28. The van der Waals surface area contributed by atoms with Gasteiger partial charge in [0.1, 0.15) is 10.6 Å². The summed E-state index contributed by atoms with van der Waals surface area (Å²) in [5, 5.41) is 18.2. The number of hydrogen-bond acceptors (Lipinski definition) is 5. The summed E-state index contributed by atoms with van der Waals surface area (Å²) in [6.45, 7) is 1.62. The molecule has 8 heteroatoms. The van der Waals surface area contributed by atoms with Crippen molar-refractivity contribution in [3.63, 3.8) is 0 Å². The van der Waals surface area contributed by atoms with Gasteiger partial charge < -0.3 is 10.2 Å². The van der Waals surface area contributed by atoms with E-state index in [4.69, 9.17) is 5.11 Å². The minimum atomic E-state index is -3.71. The highest BCUT2D eigenvalue weighted by Crippen LogP contribution is 2.21. The van der Waals surface area contributed by atoms with E-state index in [1.165, 1.54) is 24.3 Å². The predicted octanol–water partition coefficient (Wildman–Crippen LogP) is 1.94. The summed E-state index contributed by atoms with van der Waals surface area (Å²) in [5.74, 6) is -1.01. The Bertz CT molecular complexity index is 780. The molecule has 0 fully saturated rings. The van der Waals surface area contributed by atoms with E-state index in [1.54, 1.807) is 13.0 Å². The molecule has 2 aromatic rings. The molecule has 112 valence electrons. The van der Waals surface area contributed by atoms with Gasteiger partial charge in [0, 0.05) is 11.4 Å². The number of thiophene rings is 1. The maximum atomic E-state index is 12.1. The van der Waals surface area contributed by atoms with Crippen molar-refractivity contribution in [3.05, 3.63) is 45.6 Å². The molecule has 0 saturated heterocycles. The Morgan fingerprint density at radius 2 is 2.00 bits per heavy atom. The standard InChI is InChI=1S/C13H13NO5S2/c1-8-6-10(3-4-11(8)15)21(18,19)14-7-9-2-5-12(20-9)13(16)17/h2-6,14-15H,7H2,1H3,(H,16,17). The molecule has 0 aliphatic heterocycles. The Morgan fingerprint density at radius 3 is 2.57 bits per heavy atom. The molecule has 1 aromatic carbocycles. The van der Waals surface area contributed by atoms with Crippen molar-refractivity contribution in [2.75, 3.05) is 0 Å². The summed E-state index contributed by atoms with van der Waals surface area (Å²) in [4.78, 5) is 11.6. The lowest BCUT2D eigenvalue weighted by molar-refractivity contribution is 0.0702. The molecule has 1 heterocycles. The zero-order valence-electron chi connectivity index (χ0n) is 11.0. The van der Waals surface area contributed by atoms with Crippen LogP contribution in [0.3, 0.4) is 0 Å². The first kappa shape index (κ1) is 15.5. The molecule has 0 atom stereocenters. The van der Waals surface area contributed by atoms with Crippen LogP contribution in [0.25, 0.3) is 0 Å². The molecule has 0 saturated carbocycles. The Morgan fingerprint density at radius 1 is 1.29 bits per heavy atom. The Balaban J connectivity index is 2.13. The molecular formula is C13H13NO5S2. The van der Waals surface area contributed by atoms with Crippen molar-refractivity contribution >= 4 is 27.3 Å². The average Bonchev–Trinajstić information content (AvgIpc) is 2.89. The van der Waals surface area contributed by atoms with Gasteiger partial charge in [0.2, 0.25) is 10.0 Å². The first-order chi connectivity index (χ1) is 9.79. The van der Waals surface area contributed by atoms with E-state index in [2.05, 4.69) is 4.72 Å². The van der Waals surface area contributed by atoms with Crippen LogP contribution in [0, 0.1) is 6.92 Å². The van der Waals surface area contributed by atoms with Crippen molar-refractivity contribution < 1.29 is 23.4 Å². The van der Waals surface area contributed by atoms with Gasteiger partial charge in [0.05, 0.1) is 4.90 Å². The smallest absolute Gasteiger partial charge is 0.345 e. The normalized spacial score (nSPS) is 11.5. The minimum absolute atomic E-state index is 0.0141. The first-order valence-corrected chi connectivity index (χ1v) is 8.21. The fourth-order valence-corrected chi connectivity index (χ4v) is 3.60. The number of carbonyl (C=O) groups is 1. The molecule has 21 heavy (non-hydrogen) atoms. The summed E-state index contributed by atoms with van der Waals surface area (Å²) < 4.78 is 26.6. The van der Waals surface area contributed by atoms with Crippen molar-refractivity contribution in [2.24, 2.45) is 0 Å². The van der Waals surface area contributed by atoms with Crippen LogP contribution < -0.4 is 4.72 Å². The number of aromatic carboxylic acids is 1. The van der Waals surface area contributed by atoms with Gasteiger partial charge in [0.25, 0.3) is 0 Å². The van der Waals surface area contributed by atoms with E-state index < -0.39 is 16.0 Å². The summed E-state index contributed by atoms with van der Waals surface area (Å²) >= 11 is 1.02. The number of nitrogens with one attached hydrogen (secondary N) is 1. The third kappa shape index (κ3) is 3.60. The van der Waals surface area contributed by atoms with Gasteiger partial charge in [-0.1, -0.05) is 0 Å². The largest absolute Gasteiger partial charge is 0.508 e. The van der Waals surface area contributed by atoms with Crippen molar-refractivity contribution in [3.8, 4) is 5.75 Å². The number of phenolic OH excluding ortho intramolecular Hbond substituents is 1. The molecule has 0 bridgehead atoms. The highest BCUT2D eigenvalue weighted by atomic mass is 32.2. The lowest BCUT2D eigenvalue weighted by Crippen LogP contribution is -2.22. The van der Waals surface area contributed by atoms with Gasteiger partial charge in [-0.2, -0.15) is 0 Å². The summed E-state index contributed by atoms with van der Waals surface area (Å²) in [7, 11) is -3.71. The number of carboxylic acids is 1. The SMILES string of the molecule is Cc1cc(S(=O)(=O)NCc2ccc(C(=O)O)s2)ccc1O. The van der Waals surface area contributed by atoms with E-state index in [0.717, 1.165) is 11.3 Å². The van der Waals surface area contributed by atoms with E-state index in [9.17, 15) is 18.3 Å². The molecule has 0 spiro atoms. The van der Waals surface area contributed by atoms with Crippen LogP contribution >= 0.6 is 11.3 Å². The summed E-state index contributed by atoms with van der Waals surface area (Å²) in [6.07, 6.45) is 0. The third-order valence-electron chi connectivity index (χ3n) is 2.79. The predicted molar refractivity (Wildman–Crippen MR) is 78.1 cm³/mol. The van der Waals surface area contributed by atoms with E-state index >= 15 is 0 Å². The first-order valence-electron chi connectivity index (χ1n) is 5.91. The van der Waals surface area contributed by atoms with E-state index in [-0.39, 0.29) is 22.1 Å².